The predicted octanol–water partition coefficient (Wildman–Crippen LogP) is -0.244. The summed E-state index contributed by atoms with van der Waals surface area (Å²) >= 11 is 0. The molecule has 1 aliphatic rings. The Morgan fingerprint density at radius 1 is 1.04 bits per heavy atom. The van der Waals surface area contributed by atoms with Gasteiger partial charge in [0.1, 0.15) is 0 Å². The molecule has 0 bridgehead atoms. The van der Waals surface area contributed by atoms with Gasteiger partial charge in [-0.25, -0.2) is 21.6 Å². The molecule has 0 amide bonds. The molecule has 3 N–H and O–H groups in total. The summed E-state index contributed by atoms with van der Waals surface area (Å²) < 4.78 is 57.9. The van der Waals surface area contributed by atoms with Crippen LogP contribution in [0.1, 0.15) is 6.42 Å². The highest BCUT2D eigenvalue weighted by atomic mass is 35.5. The van der Waals surface area contributed by atoms with Crippen LogP contribution in [0.4, 0.5) is 0 Å². The van der Waals surface area contributed by atoms with Crippen molar-refractivity contribution in [3.63, 3.8) is 0 Å². The van der Waals surface area contributed by atoms with Gasteiger partial charge in [0.2, 0.25) is 20.0 Å². The Labute approximate surface area is 148 Å². The van der Waals surface area contributed by atoms with Gasteiger partial charge in [-0.1, -0.05) is 0 Å². The largest absolute Gasteiger partial charge is 0.379 e. The van der Waals surface area contributed by atoms with Crippen molar-refractivity contribution in [1.29, 1.82) is 0 Å². The van der Waals surface area contributed by atoms with Crippen LogP contribution in [0.25, 0.3) is 0 Å². The van der Waals surface area contributed by atoms with Crippen molar-refractivity contribution in [3.8, 4) is 0 Å². The standard InChI is InChI=1S/C13H21N3O5S2.ClH/c14-6-1-7-15-22(17,18)12-2-4-13(5-3-12)23(19,20)16-8-10-21-11-9-16;/h2-5,15H,1,6-11,14H2;1H. The zero-order valence-electron chi connectivity index (χ0n) is 13.0. The summed E-state index contributed by atoms with van der Waals surface area (Å²) in [5.41, 5.74) is 5.32. The van der Waals surface area contributed by atoms with Crippen LogP contribution >= 0.6 is 12.4 Å². The van der Waals surface area contributed by atoms with Crippen molar-refractivity contribution in [2.24, 2.45) is 5.73 Å². The van der Waals surface area contributed by atoms with Gasteiger partial charge in [-0.2, -0.15) is 4.31 Å². The van der Waals surface area contributed by atoms with Crippen LogP contribution in [0.15, 0.2) is 34.1 Å². The van der Waals surface area contributed by atoms with Gasteiger partial charge < -0.3 is 10.5 Å². The average molecular weight is 400 g/mol. The maximum atomic E-state index is 12.5. The molecule has 11 heteroatoms. The molecule has 0 unspecified atom stereocenters. The first-order valence-corrected chi connectivity index (χ1v) is 10.2. The molecule has 1 aromatic carbocycles. The Bertz CT molecular complexity index is 716. The van der Waals surface area contributed by atoms with Crippen LogP contribution in [-0.2, 0) is 24.8 Å². The Hall–Kier alpha value is -0.750. The molecule has 1 aliphatic heterocycles. The van der Waals surface area contributed by atoms with Gasteiger partial charge in [-0.15, -0.1) is 12.4 Å². The summed E-state index contributed by atoms with van der Waals surface area (Å²) in [6.45, 7) is 1.94. The second-order valence-corrected chi connectivity index (χ2v) is 8.73. The number of rotatable bonds is 7. The first kappa shape index (κ1) is 21.3. The van der Waals surface area contributed by atoms with E-state index in [9.17, 15) is 16.8 Å². The van der Waals surface area contributed by atoms with Gasteiger partial charge >= 0.3 is 0 Å². The minimum absolute atomic E-state index is 0. The molecule has 1 saturated heterocycles. The molecule has 2 rings (SSSR count). The Kier molecular flexibility index (Phi) is 8.06. The molecule has 1 fully saturated rings. The summed E-state index contributed by atoms with van der Waals surface area (Å²) in [4.78, 5) is 0.0933. The third kappa shape index (κ3) is 5.12. The van der Waals surface area contributed by atoms with E-state index in [1.807, 2.05) is 0 Å². The highest BCUT2D eigenvalue weighted by Crippen LogP contribution is 2.19. The average Bonchev–Trinajstić information content (AvgIpc) is 2.56. The number of nitrogens with one attached hydrogen (secondary N) is 1. The monoisotopic (exact) mass is 399 g/mol. The lowest BCUT2D eigenvalue weighted by Gasteiger charge is -2.26. The van der Waals surface area contributed by atoms with Crippen LogP contribution in [-0.4, -0.2) is 60.5 Å². The molecule has 0 radical (unpaired) electrons. The number of nitrogens with two attached hydrogens (primary N) is 1. The van der Waals surface area contributed by atoms with Crippen molar-refractivity contribution < 1.29 is 21.6 Å². The SMILES string of the molecule is Cl.NCCCNS(=O)(=O)c1ccc(S(=O)(=O)N2CCOCC2)cc1. The zero-order valence-corrected chi connectivity index (χ0v) is 15.5. The van der Waals surface area contributed by atoms with Gasteiger partial charge in [-0.05, 0) is 37.2 Å². The molecule has 0 aliphatic carbocycles. The molecule has 138 valence electrons. The molecule has 1 heterocycles. The van der Waals surface area contributed by atoms with Gasteiger partial charge in [0.25, 0.3) is 0 Å². The Morgan fingerprint density at radius 2 is 1.58 bits per heavy atom. The summed E-state index contributed by atoms with van der Waals surface area (Å²) in [5, 5.41) is 0. The van der Waals surface area contributed by atoms with Crippen LogP contribution < -0.4 is 10.5 Å². The molecule has 0 atom stereocenters. The van der Waals surface area contributed by atoms with Crippen molar-refractivity contribution in [2.45, 2.75) is 16.2 Å². The summed E-state index contributed by atoms with van der Waals surface area (Å²) in [5.74, 6) is 0. The quantitative estimate of drug-likeness (QED) is 0.610. The normalized spacial score (nSPS) is 16.5. The van der Waals surface area contributed by atoms with E-state index in [4.69, 9.17) is 10.5 Å². The van der Waals surface area contributed by atoms with E-state index in [0.29, 0.717) is 39.3 Å². The molecule has 0 aromatic heterocycles. The first-order chi connectivity index (χ1) is 10.9. The summed E-state index contributed by atoms with van der Waals surface area (Å²) in [6.07, 6.45) is 0.530. The minimum atomic E-state index is -3.65. The summed E-state index contributed by atoms with van der Waals surface area (Å²) in [7, 11) is -7.28. The molecule has 0 saturated carbocycles. The second kappa shape index (κ2) is 9.09. The molecule has 24 heavy (non-hydrogen) atoms. The number of halogens is 1. The lowest BCUT2D eigenvalue weighted by molar-refractivity contribution is 0.0730. The fraction of sp³-hybridized carbons (Fsp3) is 0.538. The van der Waals surface area contributed by atoms with Gasteiger partial charge in [0.15, 0.2) is 0 Å². The van der Waals surface area contributed by atoms with Crippen LogP contribution in [0.3, 0.4) is 0 Å². The maximum Gasteiger partial charge on any atom is 0.243 e. The first-order valence-electron chi connectivity index (χ1n) is 7.25. The highest BCUT2D eigenvalue weighted by Gasteiger charge is 2.26. The third-order valence-corrected chi connectivity index (χ3v) is 6.80. The van der Waals surface area contributed by atoms with E-state index >= 15 is 0 Å². The molecule has 0 spiro atoms. The molecule has 1 aromatic rings. The molecule has 8 nitrogen and oxygen atoms in total. The van der Waals surface area contributed by atoms with Crippen LogP contribution in [0.2, 0.25) is 0 Å². The van der Waals surface area contributed by atoms with E-state index < -0.39 is 20.0 Å². The minimum Gasteiger partial charge on any atom is -0.379 e. The lowest BCUT2D eigenvalue weighted by atomic mass is 10.4. The predicted molar refractivity (Wildman–Crippen MR) is 92.1 cm³/mol. The molecular weight excluding hydrogens is 378 g/mol. The maximum absolute atomic E-state index is 12.5. The second-order valence-electron chi connectivity index (χ2n) is 5.03. The lowest BCUT2D eigenvalue weighted by Crippen LogP contribution is -2.40. The van der Waals surface area contributed by atoms with E-state index in [2.05, 4.69) is 4.72 Å². The van der Waals surface area contributed by atoms with Crippen molar-refractivity contribution >= 4 is 32.5 Å². The van der Waals surface area contributed by atoms with Crippen LogP contribution in [0, 0.1) is 0 Å². The summed E-state index contributed by atoms with van der Waals surface area (Å²) in [6, 6.07) is 5.20. The number of nitrogens with zero attached hydrogens (tertiary/aromatic N) is 1. The highest BCUT2D eigenvalue weighted by molar-refractivity contribution is 7.89. The number of benzene rings is 1. The topological polar surface area (TPSA) is 119 Å². The van der Waals surface area contributed by atoms with Gasteiger partial charge in [0, 0.05) is 19.6 Å². The fourth-order valence-electron chi connectivity index (χ4n) is 2.12. The fourth-order valence-corrected chi connectivity index (χ4v) is 4.60. The Balaban J connectivity index is 0.00000288. The van der Waals surface area contributed by atoms with E-state index in [-0.39, 0.29) is 28.7 Å². The smallest absolute Gasteiger partial charge is 0.243 e. The number of hydrogen-bond donors (Lipinski definition) is 2. The van der Waals surface area contributed by atoms with Gasteiger partial charge in [0.05, 0.1) is 23.0 Å². The van der Waals surface area contributed by atoms with Crippen molar-refractivity contribution in [3.05, 3.63) is 24.3 Å². The molecular formula is C13H22ClN3O5S2. The van der Waals surface area contributed by atoms with Crippen molar-refractivity contribution in [1.82, 2.24) is 9.03 Å². The third-order valence-electron chi connectivity index (χ3n) is 3.41. The van der Waals surface area contributed by atoms with Crippen LogP contribution in [0.5, 0.6) is 0 Å². The van der Waals surface area contributed by atoms with Gasteiger partial charge in [-0.3, -0.25) is 0 Å². The zero-order chi connectivity index (χ0) is 16.9. The van der Waals surface area contributed by atoms with E-state index in [1.54, 1.807) is 0 Å². The van der Waals surface area contributed by atoms with Crippen molar-refractivity contribution in [2.75, 3.05) is 39.4 Å². The number of hydrogen-bond acceptors (Lipinski definition) is 6. The number of morpholine rings is 1. The number of sulfonamides is 2. The van der Waals surface area contributed by atoms with E-state index in [1.165, 1.54) is 28.6 Å². The van der Waals surface area contributed by atoms with E-state index in [0.717, 1.165) is 0 Å². The Morgan fingerprint density at radius 3 is 2.12 bits per heavy atom. The number of ether oxygens (including phenoxy) is 1.